The van der Waals surface area contributed by atoms with Gasteiger partial charge in [-0.1, -0.05) is 60.3 Å². The SMILES string of the molecule is O=C(C[C@H](O)c1ccccc1)Sc1ccccc1. The zero-order valence-corrected chi connectivity index (χ0v) is 10.6. The summed E-state index contributed by atoms with van der Waals surface area (Å²) in [4.78, 5) is 12.7. The summed E-state index contributed by atoms with van der Waals surface area (Å²) in [6.45, 7) is 0. The van der Waals surface area contributed by atoms with E-state index in [1.54, 1.807) is 0 Å². The van der Waals surface area contributed by atoms with Crippen LogP contribution in [0.1, 0.15) is 18.1 Å². The normalized spacial score (nSPS) is 12.1. The van der Waals surface area contributed by atoms with Crippen molar-refractivity contribution in [2.45, 2.75) is 17.4 Å². The molecule has 92 valence electrons. The van der Waals surface area contributed by atoms with Crippen LogP contribution in [-0.4, -0.2) is 10.2 Å². The molecule has 0 amide bonds. The van der Waals surface area contributed by atoms with Crippen LogP contribution in [0.2, 0.25) is 0 Å². The monoisotopic (exact) mass is 258 g/mol. The molecule has 0 saturated heterocycles. The molecule has 0 radical (unpaired) electrons. The number of benzene rings is 2. The van der Waals surface area contributed by atoms with E-state index in [-0.39, 0.29) is 11.5 Å². The van der Waals surface area contributed by atoms with Gasteiger partial charge in [-0.15, -0.1) is 0 Å². The second-order valence-corrected chi connectivity index (χ2v) is 5.05. The van der Waals surface area contributed by atoms with Crippen LogP contribution >= 0.6 is 11.8 Å². The molecule has 0 fully saturated rings. The highest BCUT2D eigenvalue weighted by Crippen LogP contribution is 2.24. The largest absolute Gasteiger partial charge is 0.388 e. The first-order chi connectivity index (χ1) is 8.75. The van der Waals surface area contributed by atoms with Crippen LogP contribution in [0, 0.1) is 0 Å². The van der Waals surface area contributed by atoms with Gasteiger partial charge >= 0.3 is 0 Å². The summed E-state index contributed by atoms with van der Waals surface area (Å²) in [6, 6.07) is 18.7. The lowest BCUT2D eigenvalue weighted by Crippen LogP contribution is -2.03. The van der Waals surface area contributed by atoms with E-state index >= 15 is 0 Å². The molecule has 1 atom stereocenters. The molecule has 0 saturated carbocycles. The van der Waals surface area contributed by atoms with Crippen molar-refractivity contribution in [1.82, 2.24) is 0 Å². The summed E-state index contributed by atoms with van der Waals surface area (Å²) in [6.07, 6.45) is -0.598. The number of carbonyl (C=O) groups is 1. The third-order valence-corrected chi connectivity index (χ3v) is 3.42. The Bertz CT molecular complexity index is 496. The van der Waals surface area contributed by atoms with Crippen molar-refractivity contribution in [3.63, 3.8) is 0 Å². The van der Waals surface area contributed by atoms with Crippen molar-refractivity contribution in [3.8, 4) is 0 Å². The molecule has 0 aliphatic carbocycles. The molecule has 2 rings (SSSR count). The van der Waals surface area contributed by atoms with Gasteiger partial charge in [-0.3, -0.25) is 4.79 Å². The van der Waals surface area contributed by atoms with Gasteiger partial charge in [0.1, 0.15) is 0 Å². The number of hydrogen-bond acceptors (Lipinski definition) is 3. The molecule has 0 aromatic heterocycles. The number of hydrogen-bond donors (Lipinski definition) is 1. The molecule has 2 nitrogen and oxygen atoms in total. The van der Waals surface area contributed by atoms with Crippen molar-refractivity contribution < 1.29 is 9.90 Å². The smallest absolute Gasteiger partial charge is 0.196 e. The Hall–Kier alpha value is -1.58. The van der Waals surface area contributed by atoms with E-state index < -0.39 is 6.10 Å². The Morgan fingerprint density at radius 2 is 1.56 bits per heavy atom. The van der Waals surface area contributed by atoms with Crippen molar-refractivity contribution in [2.24, 2.45) is 0 Å². The van der Waals surface area contributed by atoms with Gasteiger partial charge in [0, 0.05) is 11.3 Å². The summed E-state index contributed by atoms with van der Waals surface area (Å²) < 4.78 is 0. The first kappa shape index (κ1) is 12.9. The topological polar surface area (TPSA) is 37.3 Å². The molecule has 18 heavy (non-hydrogen) atoms. The van der Waals surface area contributed by atoms with Gasteiger partial charge in [-0.2, -0.15) is 0 Å². The van der Waals surface area contributed by atoms with Gasteiger partial charge in [0.15, 0.2) is 5.12 Å². The van der Waals surface area contributed by atoms with Gasteiger partial charge in [-0.05, 0) is 17.7 Å². The molecule has 2 aromatic rings. The van der Waals surface area contributed by atoms with E-state index in [0.717, 1.165) is 10.5 Å². The predicted octanol–water partition coefficient (Wildman–Crippen LogP) is 3.43. The summed E-state index contributed by atoms with van der Waals surface area (Å²) in [5.74, 6) is 0. The fourth-order valence-corrected chi connectivity index (χ4v) is 2.41. The highest BCUT2D eigenvalue weighted by Gasteiger charge is 2.13. The molecular formula is C15H14O2S. The fourth-order valence-electron chi connectivity index (χ4n) is 1.61. The maximum atomic E-state index is 11.8. The van der Waals surface area contributed by atoms with E-state index in [0.29, 0.717) is 0 Å². The van der Waals surface area contributed by atoms with Crippen LogP contribution < -0.4 is 0 Å². The Morgan fingerprint density at radius 1 is 1.00 bits per heavy atom. The molecule has 2 aromatic carbocycles. The molecular weight excluding hydrogens is 244 g/mol. The third kappa shape index (κ3) is 3.72. The average Bonchev–Trinajstić information content (AvgIpc) is 2.40. The number of aliphatic hydroxyl groups is 1. The molecule has 0 heterocycles. The van der Waals surface area contributed by atoms with Crippen molar-refractivity contribution in [2.75, 3.05) is 0 Å². The lowest BCUT2D eigenvalue weighted by atomic mass is 10.1. The van der Waals surface area contributed by atoms with Crippen LogP contribution in [0.25, 0.3) is 0 Å². The number of carbonyl (C=O) groups excluding carboxylic acids is 1. The van der Waals surface area contributed by atoms with Gasteiger partial charge in [0.05, 0.1) is 6.10 Å². The Labute approximate surface area is 111 Å². The Kier molecular flexibility index (Phi) is 4.56. The second kappa shape index (κ2) is 6.38. The summed E-state index contributed by atoms with van der Waals surface area (Å²) in [5, 5.41) is 9.90. The second-order valence-electron chi connectivity index (χ2n) is 3.92. The van der Waals surface area contributed by atoms with Crippen LogP contribution in [0.4, 0.5) is 0 Å². The van der Waals surface area contributed by atoms with Crippen LogP contribution in [-0.2, 0) is 4.79 Å². The average molecular weight is 258 g/mol. The van der Waals surface area contributed by atoms with Crippen molar-refractivity contribution >= 4 is 16.9 Å². The van der Waals surface area contributed by atoms with E-state index in [1.807, 2.05) is 60.7 Å². The molecule has 0 aliphatic heterocycles. The number of aliphatic hydroxyl groups excluding tert-OH is 1. The highest BCUT2D eigenvalue weighted by atomic mass is 32.2. The first-order valence-electron chi connectivity index (χ1n) is 5.74. The lowest BCUT2D eigenvalue weighted by Gasteiger charge is -2.09. The first-order valence-corrected chi connectivity index (χ1v) is 6.56. The summed E-state index contributed by atoms with van der Waals surface area (Å²) in [5.41, 5.74) is 0.777. The Morgan fingerprint density at radius 3 is 2.17 bits per heavy atom. The zero-order chi connectivity index (χ0) is 12.8. The number of rotatable bonds is 4. The molecule has 0 spiro atoms. The minimum atomic E-state index is -0.727. The van der Waals surface area contributed by atoms with Gasteiger partial charge in [0.25, 0.3) is 0 Å². The zero-order valence-electron chi connectivity index (χ0n) is 9.82. The highest BCUT2D eigenvalue weighted by molar-refractivity contribution is 8.13. The van der Waals surface area contributed by atoms with E-state index in [4.69, 9.17) is 0 Å². The molecule has 0 bridgehead atoms. The molecule has 0 aliphatic rings. The summed E-state index contributed by atoms with van der Waals surface area (Å²) >= 11 is 1.17. The third-order valence-electron chi connectivity index (χ3n) is 2.52. The molecule has 1 N–H and O–H groups in total. The van der Waals surface area contributed by atoms with Gasteiger partial charge < -0.3 is 5.11 Å². The van der Waals surface area contributed by atoms with E-state index in [1.165, 1.54) is 11.8 Å². The lowest BCUT2D eigenvalue weighted by molar-refractivity contribution is -0.112. The van der Waals surface area contributed by atoms with E-state index in [2.05, 4.69) is 0 Å². The molecule has 0 unspecified atom stereocenters. The maximum absolute atomic E-state index is 11.8. The molecule has 3 heteroatoms. The minimum absolute atomic E-state index is 0.0300. The van der Waals surface area contributed by atoms with Crippen LogP contribution in [0.3, 0.4) is 0 Å². The van der Waals surface area contributed by atoms with Crippen LogP contribution in [0.15, 0.2) is 65.6 Å². The maximum Gasteiger partial charge on any atom is 0.196 e. The van der Waals surface area contributed by atoms with E-state index in [9.17, 15) is 9.90 Å². The van der Waals surface area contributed by atoms with Crippen molar-refractivity contribution in [3.05, 3.63) is 66.2 Å². The standard InChI is InChI=1S/C15H14O2S/c16-14(12-7-3-1-4-8-12)11-15(17)18-13-9-5-2-6-10-13/h1-10,14,16H,11H2/t14-/m0/s1. The van der Waals surface area contributed by atoms with Gasteiger partial charge in [-0.25, -0.2) is 0 Å². The quantitative estimate of drug-likeness (QED) is 0.854. The Balaban J connectivity index is 1.92. The van der Waals surface area contributed by atoms with Crippen molar-refractivity contribution in [1.29, 1.82) is 0 Å². The predicted molar refractivity (Wildman–Crippen MR) is 73.3 cm³/mol. The van der Waals surface area contributed by atoms with Crippen LogP contribution in [0.5, 0.6) is 0 Å². The van der Waals surface area contributed by atoms with Gasteiger partial charge in [0.2, 0.25) is 0 Å². The minimum Gasteiger partial charge on any atom is -0.388 e. The fraction of sp³-hybridized carbons (Fsp3) is 0.133. The summed E-state index contributed by atoms with van der Waals surface area (Å²) in [7, 11) is 0. The number of thioether (sulfide) groups is 1.